The summed E-state index contributed by atoms with van der Waals surface area (Å²) < 4.78 is 5.24. The zero-order chi connectivity index (χ0) is 10.7. The van der Waals surface area contributed by atoms with Crippen LogP contribution >= 0.6 is 0 Å². The quantitative estimate of drug-likeness (QED) is 0.699. The molecule has 2 heterocycles. The first-order valence-electron chi connectivity index (χ1n) is 6.28. The van der Waals surface area contributed by atoms with Gasteiger partial charge < -0.3 is 4.74 Å². The molecule has 2 aliphatic heterocycles. The van der Waals surface area contributed by atoms with Gasteiger partial charge in [-0.15, -0.1) is 0 Å². The number of hydrogen-bond donors (Lipinski definition) is 0. The summed E-state index contributed by atoms with van der Waals surface area (Å²) >= 11 is 0. The molecule has 0 amide bonds. The van der Waals surface area contributed by atoms with Crippen LogP contribution in [0, 0.1) is 0 Å². The lowest BCUT2D eigenvalue weighted by Crippen LogP contribution is -2.57. The standard InChI is InChI=1S/C12H24N2O/c1-11(10-15-2)14-8-7-13-6-4-3-5-12(13)9-14/h11-12H,3-10H2,1-2H3. The molecule has 3 nitrogen and oxygen atoms in total. The Morgan fingerprint density at radius 1 is 1.27 bits per heavy atom. The van der Waals surface area contributed by atoms with Crippen molar-refractivity contribution in [1.29, 1.82) is 0 Å². The van der Waals surface area contributed by atoms with Gasteiger partial charge in [-0.2, -0.15) is 0 Å². The van der Waals surface area contributed by atoms with Gasteiger partial charge in [-0.25, -0.2) is 0 Å². The van der Waals surface area contributed by atoms with Crippen molar-refractivity contribution in [2.45, 2.75) is 38.3 Å². The van der Waals surface area contributed by atoms with Gasteiger partial charge in [0.05, 0.1) is 6.61 Å². The van der Waals surface area contributed by atoms with Crippen molar-refractivity contribution in [3.63, 3.8) is 0 Å². The molecule has 0 bridgehead atoms. The third-order valence-corrected chi connectivity index (χ3v) is 3.90. The average Bonchev–Trinajstić information content (AvgIpc) is 2.29. The van der Waals surface area contributed by atoms with E-state index in [4.69, 9.17) is 4.74 Å². The number of ether oxygens (including phenoxy) is 1. The molecule has 2 atom stereocenters. The lowest BCUT2D eigenvalue weighted by Gasteiger charge is -2.45. The molecule has 0 N–H and O–H groups in total. The third-order valence-electron chi connectivity index (χ3n) is 3.90. The van der Waals surface area contributed by atoms with Gasteiger partial charge in [0.1, 0.15) is 0 Å². The average molecular weight is 212 g/mol. The van der Waals surface area contributed by atoms with Gasteiger partial charge in [-0.1, -0.05) is 6.42 Å². The summed E-state index contributed by atoms with van der Waals surface area (Å²) in [4.78, 5) is 5.27. The van der Waals surface area contributed by atoms with E-state index in [0.29, 0.717) is 6.04 Å². The van der Waals surface area contributed by atoms with Crippen LogP contribution in [0.2, 0.25) is 0 Å². The van der Waals surface area contributed by atoms with E-state index in [2.05, 4.69) is 16.7 Å². The Kier molecular flexibility index (Phi) is 4.00. The van der Waals surface area contributed by atoms with Crippen molar-refractivity contribution in [3.8, 4) is 0 Å². The predicted octanol–water partition coefficient (Wildman–Crippen LogP) is 1.19. The van der Waals surface area contributed by atoms with Crippen molar-refractivity contribution in [3.05, 3.63) is 0 Å². The van der Waals surface area contributed by atoms with E-state index in [9.17, 15) is 0 Å². The van der Waals surface area contributed by atoms with E-state index < -0.39 is 0 Å². The van der Waals surface area contributed by atoms with Crippen LogP contribution < -0.4 is 0 Å². The van der Waals surface area contributed by atoms with Crippen LogP contribution in [-0.2, 0) is 4.74 Å². The van der Waals surface area contributed by atoms with Crippen molar-refractivity contribution < 1.29 is 4.74 Å². The van der Waals surface area contributed by atoms with E-state index in [1.807, 2.05) is 0 Å². The lowest BCUT2D eigenvalue weighted by atomic mass is 9.99. The zero-order valence-corrected chi connectivity index (χ0v) is 10.1. The second-order valence-corrected chi connectivity index (χ2v) is 4.98. The molecular weight excluding hydrogens is 188 g/mol. The molecule has 2 aliphatic rings. The summed E-state index contributed by atoms with van der Waals surface area (Å²) in [6.07, 6.45) is 4.23. The van der Waals surface area contributed by atoms with Gasteiger partial charge >= 0.3 is 0 Å². The molecule has 2 fully saturated rings. The SMILES string of the molecule is COCC(C)N1CCN2CCCCC2C1. The molecular formula is C12H24N2O. The van der Waals surface area contributed by atoms with Crippen LogP contribution in [0.15, 0.2) is 0 Å². The molecule has 0 aromatic heterocycles. The Morgan fingerprint density at radius 2 is 2.13 bits per heavy atom. The maximum Gasteiger partial charge on any atom is 0.0615 e. The van der Waals surface area contributed by atoms with Gasteiger partial charge in [0, 0.05) is 38.8 Å². The fraction of sp³-hybridized carbons (Fsp3) is 1.00. The summed E-state index contributed by atoms with van der Waals surface area (Å²) in [5.41, 5.74) is 0. The smallest absolute Gasteiger partial charge is 0.0615 e. The molecule has 15 heavy (non-hydrogen) atoms. The fourth-order valence-electron chi connectivity index (χ4n) is 2.93. The predicted molar refractivity (Wildman–Crippen MR) is 62.1 cm³/mol. The van der Waals surface area contributed by atoms with Crippen LogP contribution in [0.25, 0.3) is 0 Å². The molecule has 0 radical (unpaired) electrons. The molecule has 3 heteroatoms. The Bertz CT molecular complexity index is 198. The second kappa shape index (κ2) is 5.28. The normalized spacial score (nSPS) is 31.2. The highest BCUT2D eigenvalue weighted by molar-refractivity contribution is 4.86. The molecule has 0 aromatic carbocycles. The van der Waals surface area contributed by atoms with E-state index >= 15 is 0 Å². The van der Waals surface area contributed by atoms with Gasteiger partial charge in [-0.05, 0) is 26.3 Å². The van der Waals surface area contributed by atoms with E-state index in [0.717, 1.165) is 12.6 Å². The number of fused-ring (bicyclic) bond motifs is 1. The highest BCUT2D eigenvalue weighted by Gasteiger charge is 2.30. The summed E-state index contributed by atoms with van der Waals surface area (Å²) in [5.74, 6) is 0. The highest BCUT2D eigenvalue weighted by Crippen LogP contribution is 2.22. The minimum atomic E-state index is 0.582. The summed E-state index contributed by atoms with van der Waals surface area (Å²) in [7, 11) is 1.80. The first-order chi connectivity index (χ1) is 7.31. The third kappa shape index (κ3) is 2.71. The van der Waals surface area contributed by atoms with Gasteiger partial charge in [0.25, 0.3) is 0 Å². The zero-order valence-electron chi connectivity index (χ0n) is 10.1. The van der Waals surface area contributed by atoms with Crippen LogP contribution in [0.4, 0.5) is 0 Å². The Morgan fingerprint density at radius 3 is 2.93 bits per heavy atom. The molecule has 2 unspecified atom stereocenters. The molecule has 2 saturated heterocycles. The maximum atomic E-state index is 5.24. The van der Waals surface area contributed by atoms with E-state index in [1.165, 1.54) is 45.4 Å². The molecule has 2 rings (SSSR count). The van der Waals surface area contributed by atoms with Crippen LogP contribution in [0.1, 0.15) is 26.2 Å². The van der Waals surface area contributed by atoms with Gasteiger partial charge in [0.15, 0.2) is 0 Å². The fourth-order valence-corrected chi connectivity index (χ4v) is 2.93. The summed E-state index contributed by atoms with van der Waals surface area (Å²) in [6, 6.07) is 1.41. The number of rotatable bonds is 3. The lowest BCUT2D eigenvalue weighted by molar-refractivity contribution is 0.0106. The topological polar surface area (TPSA) is 15.7 Å². The minimum absolute atomic E-state index is 0.582. The number of methoxy groups -OCH3 is 1. The Balaban J connectivity index is 1.85. The van der Waals surface area contributed by atoms with E-state index in [-0.39, 0.29) is 0 Å². The van der Waals surface area contributed by atoms with Crippen molar-refractivity contribution in [2.24, 2.45) is 0 Å². The molecule has 88 valence electrons. The highest BCUT2D eigenvalue weighted by atomic mass is 16.5. The first kappa shape index (κ1) is 11.4. The van der Waals surface area contributed by atoms with E-state index in [1.54, 1.807) is 7.11 Å². The van der Waals surface area contributed by atoms with Gasteiger partial charge in [0.2, 0.25) is 0 Å². The maximum absolute atomic E-state index is 5.24. The summed E-state index contributed by atoms with van der Waals surface area (Å²) in [5, 5.41) is 0. The number of piperazine rings is 1. The Labute approximate surface area is 93.4 Å². The van der Waals surface area contributed by atoms with Crippen LogP contribution in [0.3, 0.4) is 0 Å². The van der Waals surface area contributed by atoms with Crippen LogP contribution in [0.5, 0.6) is 0 Å². The largest absolute Gasteiger partial charge is 0.383 e. The molecule has 0 aliphatic carbocycles. The van der Waals surface area contributed by atoms with Crippen molar-refractivity contribution in [1.82, 2.24) is 9.80 Å². The molecule has 0 aromatic rings. The van der Waals surface area contributed by atoms with Crippen molar-refractivity contribution in [2.75, 3.05) is 39.9 Å². The Hall–Kier alpha value is -0.120. The molecule has 0 spiro atoms. The second-order valence-electron chi connectivity index (χ2n) is 4.98. The first-order valence-corrected chi connectivity index (χ1v) is 6.28. The monoisotopic (exact) mass is 212 g/mol. The van der Waals surface area contributed by atoms with Crippen molar-refractivity contribution >= 4 is 0 Å². The minimum Gasteiger partial charge on any atom is -0.383 e. The molecule has 0 saturated carbocycles. The van der Waals surface area contributed by atoms with Gasteiger partial charge in [-0.3, -0.25) is 9.80 Å². The summed E-state index contributed by atoms with van der Waals surface area (Å²) in [6.45, 7) is 8.22. The number of hydrogen-bond acceptors (Lipinski definition) is 3. The number of piperidine rings is 1. The number of nitrogens with zero attached hydrogens (tertiary/aromatic N) is 2. The van der Waals surface area contributed by atoms with Crippen LogP contribution in [-0.4, -0.2) is 61.8 Å².